The third-order valence-corrected chi connectivity index (χ3v) is 11.8. The summed E-state index contributed by atoms with van der Waals surface area (Å²) < 4.78 is 51.3. The third-order valence-electron chi connectivity index (χ3n) is 11.8. The van der Waals surface area contributed by atoms with Gasteiger partial charge < -0.3 is 47.5 Å². The Hall–Kier alpha value is -1.87. The summed E-state index contributed by atoms with van der Waals surface area (Å²) in [5.74, 6) is -0.265. The van der Waals surface area contributed by atoms with E-state index in [1.165, 1.54) is 64.2 Å². The average Bonchev–Trinajstić information content (AvgIpc) is 3.29. The first-order chi connectivity index (χ1) is 31.3. The van der Waals surface area contributed by atoms with Gasteiger partial charge in [-0.2, -0.15) is 0 Å². The molecule has 0 spiro atoms. The Morgan fingerprint density at radius 1 is 0.438 bits per heavy atom. The van der Waals surface area contributed by atoms with E-state index in [0.29, 0.717) is 98.7 Å². The van der Waals surface area contributed by atoms with Gasteiger partial charge in [0.2, 0.25) is 0 Å². The predicted molar refractivity (Wildman–Crippen MR) is 254 cm³/mol. The Morgan fingerprint density at radius 2 is 0.812 bits per heavy atom. The largest absolute Gasteiger partial charge is 0.466 e. The van der Waals surface area contributed by atoms with Crippen molar-refractivity contribution in [3.8, 4) is 0 Å². The average molecular weight is 916 g/mol. The van der Waals surface area contributed by atoms with Gasteiger partial charge in [0, 0.05) is 26.1 Å². The summed E-state index contributed by atoms with van der Waals surface area (Å²) in [6.45, 7) is 14.7. The SMILES string of the molecule is CCCCCCCCCC(=O)OCCCCCCOCC(COCCOCCOCCOCCOC(=O)C1(C)CCN(C)CC1)OCCCCCCOC(=O)CCCCCCCCC. The molecule has 13 nitrogen and oxygen atoms in total. The summed E-state index contributed by atoms with van der Waals surface area (Å²) in [5.41, 5.74) is -0.396. The van der Waals surface area contributed by atoms with Gasteiger partial charge in [-0.1, -0.05) is 104 Å². The lowest BCUT2D eigenvalue weighted by Gasteiger charge is -2.35. The fourth-order valence-corrected chi connectivity index (χ4v) is 7.35. The number of likely N-dealkylation sites (tertiary alicyclic amines) is 1. The van der Waals surface area contributed by atoms with E-state index in [1.807, 2.05) is 6.92 Å². The number of piperidine rings is 1. The first kappa shape index (κ1) is 60.1. The van der Waals surface area contributed by atoms with Crippen LogP contribution in [0.4, 0.5) is 0 Å². The fourth-order valence-electron chi connectivity index (χ4n) is 7.35. The Balaban J connectivity index is 2.16. The quantitative estimate of drug-likeness (QED) is 0.0326. The van der Waals surface area contributed by atoms with Gasteiger partial charge in [-0.15, -0.1) is 0 Å². The van der Waals surface area contributed by atoms with Crippen molar-refractivity contribution in [2.45, 2.75) is 194 Å². The lowest BCUT2D eigenvalue weighted by atomic mass is 9.80. The zero-order valence-corrected chi connectivity index (χ0v) is 41.6. The molecule has 1 atom stereocenters. The van der Waals surface area contributed by atoms with Crippen LogP contribution in [-0.4, -0.2) is 142 Å². The molecule has 0 aliphatic carbocycles. The molecule has 13 heteroatoms. The topological polar surface area (TPSA) is 138 Å². The fraction of sp³-hybridized carbons (Fsp3) is 0.941. The van der Waals surface area contributed by atoms with Crippen molar-refractivity contribution < 1.29 is 57.0 Å². The van der Waals surface area contributed by atoms with E-state index in [0.717, 1.165) is 103 Å². The number of esters is 3. The molecule has 1 heterocycles. The van der Waals surface area contributed by atoms with E-state index in [9.17, 15) is 14.4 Å². The molecular formula is C51H97NO12. The van der Waals surface area contributed by atoms with E-state index >= 15 is 0 Å². The second-order valence-electron chi connectivity index (χ2n) is 18.0. The summed E-state index contributed by atoms with van der Waals surface area (Å²) in [7, 11) is 2.08. The van der Waals surface area contributed by atoms with Crippen molar-refractivity contribution in [1.29, 1.82) is 0 Å². The van der Waals surface area contributed by atoms with Crippen molar-refractivity contribution in [3.63, 3.8) is 0 Å². The molecule has 378 valence electrons. The highest BCUT2D eigenvalue weighted by Crippen LogP contribution is 2.31. The molecule has 0 aromatic rings. The van der Waals surface area contributed by atoms with Crippen LogP contribution in [0.5, 0.6) is 0 Å². The molecule has 1 unspecified atom stereocenters. The Labute approximate surface area is 390 Å². The maximum Gasteiger partial charge on any atom is 0.311 e. The summed E-state index contributed by atoms with van der Waals surface area (Å²) >= 11 is 0. The molecule has 1 rings (SSSR count). The molecule has 1 saturated heterocycles. The summed E-state index contributed by atoms with van der Waals surface area (Å²) in [5, 5.41) is 0. The van der Waals surface area contributed by atoms with Crippen LogP contribution in [0.1, 0.15) is 188 Å². The van der Waals surface area contributed by atoms with Crippen molar-refractivity contribution >= 4 is 17.9 Å². The number of ether oxygens (including phenoxy) is 9. The highest BCUT2D eigenvalue weighted by atomic mass is 16.6. The van der Waals surface area contributed by atoms with Crippen molar-refractivity contribution in [1.82, 2.24) is 4.90 Å². The second kappa shape index (κ2) is 44.9. The molecule has 0 aromatic carbocycles. The Morgan fingerprint density at radius 3 is 1.30 bits per heavy atom. The van der Waals surface area contributed by atoms with Gasteiger partial charge in [-0.05, 0) is 91.3 Å². The van der Waals surface area contributed by atoms with Gasteiger partial charge in [0.05, 0.1) is 78.1 Å². The summed E-state index contributed by atoms with van der Waals surface area (Å²) in [6.07, 6.45) is 26.9. The second-order valence-corrected chi connectivity index (χ2v) is 18.0. The minimum absolute atomic E-state index is 0.0657. The van der Waals surface area contributed by atoms with Crippen LogP contribution >= 0.6 is 0 Å². The lowest BCUT2D eigenvalue weighted by Crippen LogP contribution is -2.42. The molecule has 0 radical (unpaired) electrons. The maximum absolute atomic E-state index is 12.5. The van der Waals surface area contributed by atoms with Crippen LogP contribution in [0.25, 0.3) is 0 Å². The number of nitrogens with zero attached hydrogens (tertiary/aromatic N) is 1. The van der Waals surface area contributed by atoms with Crippen LogP contribution in [0, 0.1) is 5.41 Å². The van der Waals surface area contributed by atoms with Gasteiger partial charge >= 0.3 is 17.9 Å². The van der Waals surface area contributed by atoms with E-state index in [-0.39, 0.29) is 30.6 Å². The highest BCUT2D eigenvalue weighted by molar-refractivity contribution is 5.76. The van der Waals surface area contributed by atoms with E-state index in [2.05, 4.69) is 25.8 Å². The molecule has 1 aliphatic rings. The number of hydrogen-bond acceptors (Lipinski definition) is 13. The van der Waals surface area contributed by atoms with Gasteiger partial charge in [0.15, 0.2) is 0 Å². The molecule has 0 N–H and O–H groups in total. The molecule has 0 aromatic heterocycles. The van der Waals surface area contributed by atoms with E-state index in [1.54, 1.807) is 0 Å². The molecule has 1 aliphatic heterocycles. The Bertz CT molecular complexity index is 1060. The van der Waals surface area contributed by atoms with Gasteiger partial charge in [-0.3, -0.25) is 14.4 Å². The predicted octanol–water partition coefficient (Wildman–Crippen LogP) is 10.2. The molecule has 64 heavy (non-hydrogen) atoms. The smallest absolute Gasteiger partial charge is 0.311 e. The van der Waals surface area contributed by atoms with Crippen LogP contribution in [0.2, 0.25) is 0 Å². The minimum Gasteiger partial charge on any atom is -0.466 e. The zero-order chi connectivity index (χ0) is 46.4. The van der Waals surface area contributed by atoms with Crippen LogP contribution in [-0.2, 0) is 57.0 Å². The first-order valence-corrected chi connectivity index (χ1v) is 26.0. The number of rotatable bonds is 48. The number of carbonyl (C=O) groups is 3. The Kier molecular flexibility index (Phi) is 42.2. The minimum atomic E-state index is -0.396. The molecule has 0 saturated carbocycles. The number of carbonyl (C=O) groups excluding carboxylic acids is 3. The molecular weight excluding hydrogens is 819 g/mol. The normalized spacial score (nSPS) is 14.4. The maximum atomic E-state index is 12.5. The van der Waals surface area contributed by atoms with E-state index < -0.39 is 5.41 Å². The highest BCUT2D eigenvalue weighted by Gasteiger charge is 2.37. The number of hydrogen-bond donors (Lipinski definition) is 0. The van der Waals surface area contributed by atoms with Gasteiger partial charge in [0.1, 0.15) is 12.7 Å². The van der Waals surface area contributed by atoms with Crippen LogP contribution < -0.4 is 0 Å². The summed E-state index contributed by atoms with van der Waals surface area (Å²) in [4.78, 5) is 38.8. The van der Waals surface area contributed by atoms with Gasteiger partial charge in [0.25, 0.3) is 0 Å². The molecule has 1 fully saturated rings. The van der Waals surface area contributed by atoms with E-state index in [4.69, 9.17) is 42.6 Å². The molecule has 0 amide bonds. The van der Waals surface area contributed by atoms with Crippen molar-refractivity contribution in [2.75, 3.05) is 113 Å². The standard InChI is InChI=1S/C51H97NO12/c1-5-7-9-11-13-15-21-27-48(53)62-35-25-18-17-23-33-59-45-47(61-34-24-19-20-26-36-63-49(54)28-22-16-14-12-10-8-6-2)46-60-42-41-57-38-37-56-39-40-58-43-44-64-50(55)51(3)29-31-52(4)32-30-51/h47H,5-46H2,1-4H3. The number of unbranched alkanes of at least 4 members (excludes halogenated alkanes) is 18. The zero-order valence-electron chi connectivity index (χ0n) is 41.6. The molecule has 0 bridgehead atoms. The van der Waals surface area contributed by atoms with Crippen LogP contribution in [0.15, 0.2) is 0 Å². The van der Waals surface area contributed by atoms with Gasteiger partial charge in [-0.25, -0.2) is 0 Å². The third kappa shape index (κ3) is 38.3. The first-order valence-electron chi connectivity index (χ1n) is 26.0. The van der Waals surface area contributed by atoms with Crippen LogP contribution in [0.3, 0.4) is 0 Å². The monoisotopic (exact) mass is 916 g/mol. The van der Waals surface area contributed by atoms with Crippen molar-refractivity contribution in [3.05, 3.63) is 0 Å². The lowest BCUT2D eigenvalue weighted by molar-refractivity contribution is -0.159. The van der Waals surface area contributed by atoms with Crippen molar-refractivity contribution in [2.24, 2.45) is 5.41 Å². The summed E-state index contributed by atoms with van der Waals surface area (Å²) in [6, 6.07) is 0.